The molecule has 3 aromatic heterocycles. The molecule has 3 aromatic rings. The van der Waals surface area contributed by atoms with E-state index < -0.39 is 15.2 Å². The van der Waals surface area contributed by atoms with E-state index in [0.29, 0.717) is 14.6 Å². The van der Waals surface area contributed by atoms with E-state index in [1.807, 2.05) is 32.1 Å². The topological polar surface area (TPSA) is 93.1 Å². The van der Waals surface area contributed by atoms with Crippen molar-refractivity contribution < 1.29 is 28.0 Å². The van der Waals surface area contributed by atoms with Crippen LogP contribution in [0.3, 0.4) is 0 Å². The minimum Gasteiger partial charge on any atom is -0.321 e. The molecular formula is C16H18BBrO6P2S3. The number of hydrogen-bond acceptors (Lipinski definition) is 7. The summed E-state index contributed by atoms with van der Waals surface area (Å²) in [5, 5.41) is -0.302. The van der Waals surface area contributed by atoms with Gasteiger partial charge in [-0.25, -0.2) is 0 Å². The average molecular weight is 555 g/mol. The van der Waals surface area contributed by atoms with E-state index in [9.17, 15) is 18.9 Å². The van der Waals surface area contributed by atoms with E-state index in [-0.39, 0.29) is 23.8 Å². The Balaban J connectivity index is 2.43. The second kappa shape index (κ2) is 9.21. The molecule has 0 radical (unpaired) electrons. The second-order valence-electron chi connectivity index (χ2n) is 5.85. The van der Waals surface area contributed by atoms with E-state index in [1.165, 1.54) is 34.0 Å². The number of hydrogen-bond donors (Lipinski definition) is 2. The number of rotatable bonds is 8. The molecule has 0 aliphatic rings. The largest absolute Gasteiger partial charge is 0.363 e. The predicted octanol–water partition coefficient (Wildman–Crippen LogP) is 3.92. The molecule has 0 fully saturated rings. The summed E-state index contributed by atoms with van der Waals surface area (Å²) in [4.78, 5) is 22.9. The van der Waals surface area contributed by atoms with Crippen LogP contribution in [0.25, 0.3) is 19.5 Å². The van der Waals surface area contributed by atoms with Gasteiger partial charge in [-0.1, -0.05) is 6.07 Å². The smallest absolute Gasteiger partial charge is 0.321 e. The first kappa shape index (κ1) is 23.6. The summed E-state index contributed by atoms with van der Waals surface area (Å²) in [6.07, 6.45) is 0. The van der Waals surface area contributed by atoms with Gasteiger partial charge in [-0.2, -0.15) is 11.3 Å². The fourth-order valence-electron chi connectivity index (χ4n) is 2.77. The molecule has 13 heteroatoms. The number of halogens is 1. The Hall–Kier alpha value is -0.0551. The molecule has 0 saturated heterocycles. The van der Waals surface area contributed by atoms with Crippen LogP contribution in [0.5, 0.6) is 0 Å². The first-order valence-corrected chi connectivity index (χ1v) is 15.0. The highest BCUT2D eigenvalue weighted by Crippen LogP contribution is 2.56. The summed E-state index contributed by atoms with van der Waals surface area (Å²) in [6.45, 7) is 3.49. The van der Waals surface area contributed by atoms with Crippen LogP contribution in [-0.2, 0) is 18.2 Å². The van der Waals surface area contributed by atoms with Crippen molar-refractivity contribution in [3.63, 3.8) is 0 Å². The van der Waals surface area contributed by atoms with Crippen LogP contribution in [0.15, 0.2) is 28.1 Å². The summed E-state index contributed by atoms with van der Waals surface area (Å²) in [5.74, 6) is 0. The molecule has 0 aliphatic carbocycles. The zero-order valence-corrected chi connectivity index (χ0v) is 21.6. The van der Waals surface area contributed by atoms with Gasteiger partial charge >= 0.3 is 15.2 Å². The SMILES string of the molecule is Bc1ccc(-c2sc(-c3ccc(Br)s3)c(P(=O)(OCC)OCC)c2P(=O)(O)O)s1. The molecule has 3 rings (SSSR count). The van der Waals surface area contributed by atoms with Crippen LogP contribution in [0.1, 0.15) is 13.8 Å². The lowest BCUT2D eigenvalue weighted by Crippen LogP contribution is -2.26. The van der Waals surface area contributed by atoms with Crippen molar-refractivity contribution in [2.24, 2.45) is 0 Å². The monoisotopic (exact) mass is 554 g/mol. The molecule has 0 saturated carbocycles. The summed E-state index contributed by atoms with van der Waals surface area (Å²) >= 11 is 7.43. The standard InChI is InChI=1S/C16H18BBrO6P2S3/c1-3-23-26(22,24-4-2)14-13(25(19,20)21)15(9-5-7-11(17)27-9)29-16(14)10-6-8-12(18)28-10/h5-8H,3-4,17H2,1-2H3,(H2,19,20,21). The van der Waals surface area contributed by atoms with Gasteiger partial charge in [0.15, 0.2) is 7.85 Å². The summed E-state index contributed by atoms with van der Waals surface area (Å²) < 4.78 is 39.2. The molecule has 6 nitrogen and oxygen atoms in total. The highest BCUT2D eigenvalue weighted by molar-refractivity contribution is 9.11. The maximum absolute atomic E-state index is 13.7. The van der Waals surface area contributed by atoms with Gasteiger partial charge in [0.1, 0.15) is 0 Å². The molecule has 0 aromatic carbocycles. The molecule has 3 heterocycles. The zero-order valence-electron chi connectivity index (χ0n) is 15.7. The van der Waals surface area contributed by atoms with Crippen molar-refractivity contribution in [1.29, 1.82) is 0 Å². The normalized spacial score (nSPS) is 12.6. The zero-order chi connectivity index (χ0) is 21.4. The van der Waals surface area contributed by atoms with Gasteiger partial charge in [0.25, 0.3) is 0 Å². The molecule has 0 unspecified atom stereocenters. The third kappa shape index (κ3) is 4.90. The Morgan fingerprint density at radius 1 is 0.931 bits per heavy atom. The average Bonchev–Trinajstić information content (AvgIpc) is 3.32. The summed E-state index contributed by atoms with van der Waals surface area (Å²) in [7, 11) is -6.87. The fourth-order valence-corrected chi connectivity index (χ4v) is 10.9. The van der Waals surface area contributed by atoms with E-state index in [1.54, 1.807) is 13.8 Å². The summed E-state index contributed by atoms with van der Waals surface area (Å²) in [5.41, 5.74) is 0. The van der Waals surface area contributed by atoms with Gasteiger partial charge in [0.2, 0.25) is 0 Å². The predicted molar refractivity (Wildman–Crippen MR) is 129 cm³/mol. The minimum absolute atomic E-state index is 0.0325. The molecule has 0 bridgehead atoms. The van der Waals surface area contributed by atoms with Crippen molar-refractivity contribution in [2.75, 3.05) is 13.2 Å². The lowest BCUT2D eigenvalue weighted by atomic mass is 10.1. The van der Waals surface area contributed by atoms with Crippen molar-refractivity contribution >= 4 is 88.4 Å². The second-order valence-corrected chi connectivity index (χ2v) is 14.1. The quantitative estimate of drug-likeness (QED) is 0.324. The van der Waals surface area contributed by atoms with Gasteiger partial charge in [-0.05, 0) is 52.8 Å². The lowest BCUT2D eigenvalue weighted by molar-refractivity contribution is 0.230. The Morgan fingerprint density at radius 3 is 1.93 bits per heavy atom. The third-order valence-corrected chi connectivity index (χ3v) is 11.7. The van der Waals surface area contributed by atoms with Crippen LogP contribution in [0.4, 0.5) is 0 Å². The maximum atomic E-state index is 13.7. The van der Waals surface area contributed by atoms with Crippen LogP contribution in [-0.4, -0.2) is 30.8 Å². The van der Waals surface area contributed by atoms with Crippen molar-refractivity contribution in [3.05, 3.63) is 28.1 Å². The number of thiophene rings is 3. The highest BCUT2D eigenvalue weighted by Gasteiger charge is 2.43. The van der Waals surface area contributed by atoms with Crippen LogP contribution < -0.4 is 15.4 Å². The minimum atomic E-state index is -4.81. The van der Waals surface area contributed by atoms with Crippen molar-refractivity contribution in [1.82, 2.24) is 0 Å². The van der Waals surface area contributed by atoms with Crippen LogP contribution in [0.2, 0.25) is 0 Å². The molecular weight excluding hydrogens is 537 g/mol. The van der Waals surface area contributed by atoms with Gasteiger partial charge in [0, 0.05) is 9.75 Å². The van der Waals surface area contributed by atoms with Gasteiger partial charge in [-0.3, -0.25) is 9.13 Å². The Labute approximate surface area is 190 Å². The Bertz CT molecular complexity index is 1110. The lowest BCUT2D eigenvalue weighted by Gasteiger charge is -2.20. The molecule has 2 N–H and O–H groups in total. The van der Waals surface area contributed by atoms with Crippen LogP contribution in [0, 0.1) is 0 Å². The van der Waals surface area contributed by atoms with Crippen molar-refractivity contribution in [3.8, 4) is 19.5 Å². The third-order valence-electron chi connectivity index (χ3n) is 3.78. The van der Waals surface area contributed by atoms with E-state index in [2.05, 4.69) is 15.9 Å². The first-order chi connectivity index (χ1) is 13.6. The maximum Gasteiger partial charge on any atom is 0.363 e. The van der Waals surface area contributed by atoms with E-state index in [0.717, 1.165) is 13.4 Å². The molecule has 0 amide bonds. The molecule has 156 valence electrons. The molecule has 0 aliphatic heterocycles. The summed E-state index contributed by atoms with van der Waals surface area (Å²) in [6, 6.07) is 7.35. The van der Waals surface area contributed by atoms with Gasteiger partial charge in [-0.15, -0.1) is 22.7 Å². The molecule has 29 heavy (non-hydrogen) atoms. The Morgan fingerprint density at radius 2 is 1.48 bits per heavy atom. The fraction of sp³-hybridized carbons (Fsp3) is 0.250. The highest BCUT2D eigenvalue weighted by atomic mass is 79.9. The molecule has 0 spiro atoms. The Kier molecular flexibility index (Phi) is 7.49. The van der Waals surface area contributed by atoms with E-state index in [4.69, 9.17) is 9.05 Å². The van der Waals surface area contributed by atoms with Crippen LogP contribution >= 0.6 is 65.1 Å². The first-order valence-electron chi connectivity index (χ1n) is 8.55. The van der Waals surface area contributed by atoms with Crippen molar-refractivity contribution in [2.45, 2.75) is 13.8 Å². The molecule has 0 atom stereocenters. The van der Waals surface area contributed by atoms with Gasteiger partial charge < -0.3 is 18.8 Å². The van der Waals surface area contributed by atoms with E-state index >= 15 is 0 Å². The van der Waals surface area contributed by atoms with Gasteiger partial charge in [0.05, 0.1) is 37.4 Å².